The number of nitrogens with one attached hydrogen (secondary N) is 5. The number of methoxy groups -OCH3 is 1. The minimum absolute atomic E-state index is 0.0537. The maximum Gasteiger partial charge on any atom is 0.319 e. The second-order valence-electron chi connectivity index (χ2n) is 13.4. The van der Waals surface area contributed by atoms with E-state index in [-0.39, 0.29) is 41.9 Å². The van der Waals surface area contributed by atoms with E-state index < -0.39 is 29.7 Å². The summed E-state index contributed by atoms with van der Waals surface area (Å²) in [5, 5.41) is 14.3. The summed E-state index contributed by atoms with van der Waals surface area (Å²) >= 11 is 0. The Kier molecular flexibility index (Phi) is 10.5. The summed E-state index contributed by atoms with van der Waals surface area (Å²) in [7, 11) is 5.05. The molecule has 0 spiro atoms. The lowest BCUT2D eigenvalue weighted by Gasteiger charge is -2.27. The zero-order valence-corrected chi connectivity index (χ0v) is 31.0. The van der Waals surface area contributed by atoms with Gasteiger partial charge in [0.15, 0.2) is 5.82 Å². The number of hydrogen-bond donors (Lipinski definition) is 5. The van der Waals surface area contributed by atoms with Crippen LogP contribution in [0.1, 0.15) is 63.2 Å². The van der Waals surface area contributed by atoms with Crippen molar-refractivity contribution in [2.24, 2.45) is 0 Å². The number of aromatic nitrogens is 2. The highest BCUT2D eigenvalue weighted by Gasteiger charge is 2.45. The van der Waals surface area contributed by atoms with Crippen LogP contribution in [0.2, 0.25) is 0 Å². The fraction of sp³-hybridized carbons (Fsp3) is 0.282. The monoisotopic (exact) mass is 760 g/mol. The molecule has 3 aromatic carbocycles. The third-order valence-corrected chi connectivity index (χ3v) is 9.86. The molecule has 0 bridgehead atoms. The first-order chi connectivity index (χ1) is 27.0. The molecule has 1 unspecified atom stereocenters. The molecule has 4 heterocycles. The van der Waals surface area contributed by atoms with Crippen LogP contribution >= 0.6 is 0 Å². The van der Waals surface area contributed by atoms with Gasteiger partial charge in [-0.1, -0.05) is 18.2 Å². The molecule has 1 saturated heterocycles. The van der Waals surface area contributed by atoms with Crippen LogP contribution < -0.4 is 41.1 Å². The van der Waals surface area contributed by atoms with E-state index in [1.54, 1.807) is 55.7 Å². The van der Waals surface area contributed by atoms with E-state index >= 15 is 0 Å². The van der Waals surface area contributed by atoms with Gasteiger partial charge in [0.05, 0.1) is 41.4 Å². The molecular formula is C39H40N10O7. The van der Waals surface area contributed by atoms with Gasteiger partial charge in [0.2, 0.25) is 17.8 Å². The number of piperidine rings is 1. The first kappa shape index (κ1) is 37.3. The summed E-state index contributed by atoms with van der Waals surface area (Å²) in [6.45, 7) is 0.938. The van der Waals surface area contributed by atoms with Crippen LogP contribution in [-0.4, -0.2) is 90.8 Å². The van der Waals surface area contributed by atoms with Crippen LogP contribution in [0, 0.1) is 0 Å². The standard InChI is InChI=1S/C39H40N10O7/c1-47-27-13-6-5-10-23(27)35(52)48(2)29-21-42-38(46-33(29)47)44-25-15-14-22(20-30(25)56-3)43-39(55)41-19-8-4-7-18-40-26-12-9-11-24-32(26)37(54)49(36(24)53)28-16-17-31(50)45-34(28)51/h5-6,9-15,20-21,28,40H,4,7-8,16-19H2,1-3H3,(H2,41,43,55)(H,42,44,46)(H,45,50,51). The quantitative estimate of drug-likeness (QED) is 0.101. The van der Waals surface area contributed by atoms with Crippen molar-refractivity contribution in [1.29, 1.82) is 0 Å². The van der Waals surface area contributed by atoms with Crippen LogP contribution in [0.4, 0.5) is 45.0 Å². The van der Waals surface area contributed by atoms with Gasteiger partial charge in [0.1, 0.15) is 17.5 Å². The number of carbonyl (C=O) groups excluding carboxylic acids is 6. The number of rotatable bonds is 12. The van der Waals surface area contributed by atoms with E-state index in [9.17, 15) is 28.8 Å². The molecule has 4 aromatic rings. The highest BCUT2D eigenvalue weighted by molar-refractivity contribution is 6.25. The summed E-state index contributed by atoms with van der Waals surface area (Å²) < 4.78 is 5.59. The van der Waals surface area contributed by atoms with Crippen molar-refractivity contribution in [3.63, 3.8) is 0 Å². The average molecular weight is 761 g/mol. The smallest absolute Gasteiger partial charge is 0.319 e. The number of anilines is 7. The lowest BCUT2D eigenvalue weighted by molar-refractivity contribution is -0.136. The number of carbonyl (C=O) groups is 6. The topological polar surface area (TPSA) is 207 Å². The van der Waals surface area contributed by atoms with Crippen LogP contribution in [0.3, 0.4) is 0 Å². The van der Waals surface area contributed by atoms with Crippen molar-refractivity contribution in [2.45, 2.75) is 38.1 Å². The van der Waals surface area contributed by atoms with Gasteiger partial charge in [0, 0.05) is 51.0 Å². The second kappa shape index (κ2) is 15.7. The van der Waals surface area contributed by atoms with Gasteiger partial charge in [0.25, 0.3) is 17.7 Å². The summed E-state index contributed by atoms with van der Waals surface area (Å²) in [4.78, 5) is 89.6. The van der Waals surface area contributed by atoms with Crippen molar-refractivity contribution in [1.82, 2.24) is 25.5 Å². The van der Waals surface area contributed by atoms with E-state index in [0.29, 0.717) is 59.4 Å². The number of unbranched alkanes of at least 4 members (excludes halogenated alkanes) is 2. The molecule has 0 saturated carbocycles. The lowest BCUT2D eigenvalue weighted by atomic mass is 10.0. The first-order valence-electron chi connectivity index (χ1n) is 18.1. The maximum absolute atomic E-state index is 13.3. The van der Waals surface area contributed by atoms with Crippen LogP contribution in [0.5, 0.6) is 5.75 Å². The Balaban J connectivity index is 0.876. The van der Waals surface area contributed by atoms with Gasteiger partial charge in [-0.15, -0.1) is 0 Å². The van der Waals surface area contributed by atoms with E-state index in [0.717, 1.165) is 23.4 Å². The Morgan fingerprint density at radius 3 is 2.45 bits per heavy atom. The SMILES string of the molecule is COc1cc(NC(=O)NCCCCCNc2cccc3c2C(=O)N(C2CCC(=O)NC2=O)C3=O)ccc1Nc1ncc2c(n1)N(C)c1ccccc1C(=O)N2C. The van der Waals surface area contributed by atoms with Crippen molar-refractivity contribution in [2.75, 3.05) is 60.0 Å². The zero-order valence-electron chi connectivity index (χ0n) is 31.0. The van der Waals surface area contributed by atoms with Crippen molar-refractivity contribution >= 4 is 75.8 Å². The molecule has 17 heteroatoms. The number of para-hydroxylation sites is 1. The predicted octanol–water partition coefficient (Wildman–Crippen LogP) is 4.39. The van der Waals surface area contributed by atoms with Gasteiger partial charge in [-0.2, -0.15) is 4.98 Å². The van der Waals surface area contributed by atoms with Gasteiger partial charge in [-0.25, -0.2) is 9.78 Å². The van der Waals surface area contributed by atoms with Crippen LogP contribution in [0.15, 0.2) is 66.9 Å². The number of benzene rings is 3. The summed E-state index contributed by atoms with van der Waals surface area (Å²) in [6, 6.07) is 16.0. The Bertz CT molecular complexity index is 2260. The van der Waals surface area contributed by atoms with Crippen LogP contribution in [-0.2, 0) is 9.59 Å². The summed E-state index contributed by atoms with van der Waals surface area (Å²) in [6.07, 6.45) is 3.93. The fourth-order valence-electron chi connectivity index (χ4n) is 6.94. The third-order valence-electron chi connectivity index (χ3n) is 9.86. The molecule has 3 aliphatic heterocycles. The van der Waals surface area contributed by atoms with E-state index in [2.05, 4.69) is 31.6 Å². The number of amides is 7. The molecule has 7 amide bonds. The number of fused-ring (bicyclic) bond motifs is 3. The van der Waals surface area contributed by atoms with Gasteiger partial charge < -0.3 is 35.8 Å². The number of ether oxygens (including phenoxy) is 1. The van der Waals surface area contributed by atoms with E-state index in [1.165, 1.54) is 12.0 Å². The molecule has 1 aromatic heterocycles. The highest BCUT2D eigenvalue weighted by Crippen LogP contribution is 2.39. The van der Waals surface area contributed by atoms with E-state index in [4.69, 9.17) is 9.72 Å². The van der Waals surface area contributed by atoms with Gasteiger partial charge >= 0.3 is 6.03 Å². The number of nitrogens with zero attached hydrogens (tertiary/aromatic N) is 5. The normalized spacial score (nSPS) is 16.1. The summed E-state index contributed by atoms with van der Waals surface area (Å²) in [5.41, 5.74) is 3.85. The fourth-order valence-corrected chi connectivity index (χ4v) is 6.94. The Morgan fingerprint density at radius 2 is 1.64 bits per heavy atom. The molecule has 56 heavy (non-hydrogen) atoms. The zero-order chi connectivity index (χ0) is 39.5. The molecule has 3 aliphatic rings. The molecule has 7 rings (SSSR count). The van der Waals surface area contributed by atoms with Crippen molar-refractivity contribution in [3.8, 4) is 5.75 Å². The van der Waals surface area contributed by atoms with Crippen LogP contribution in [0.25, 0.3) is 0 Å². The minimum Gasteiger partial charge on any atom is -0.494 e. The van der Waals surface area contributed by atoms with Gasteiger partial charge in [-0.3, -0.25) is 34.2 Å². The highest BCUT2D eigenvalue weighted by atomic mass is 16.5. The molecule has 288 valence electrons. The van der Waals surface area contributed by atoms with E-state index in [1.807, 2.05) is 30.1 Å². The Morgan fingerprint density at radius 1 is 0.857 bits per heavy atom. The van der Waals surface area contributed by atoms with Crippen molar-refractivity contribution in [3.05, 3.63) is 83.6 Å². The number of urea groups is 1. The Labute approximate surface area is 321 Å². The first-order valence-corrected chi connectivity index (χ1v) is 18.1. The maximum atomic E-state index is 13.3. The average Bonchev–Trinajstić information content (AvgIpc) is 3.42. The molecular weight excluding hydrogens is 720 g/mol. The molecule has 1 atom stereocenters. The van der Waals surface area contributed by atoms with Gasteiger partial charge in [-0.05, 0) is 62.1 Å². The Hall–Kier alpha value is -7.04. The van der Waals surface area contributed by atoms with Crippen molar-refractivity contribution < 1.29 is 33.5 Å². The molecule has 1 fully saturated rings. The second-order valence-corrected chi connectivity index (χ2v) is 13.4. The largest absolute Gasteiger partial charge is 0.494 e. The summed E-state index contributed by atoms with van der Waals surface area (Å²) in [5.74, 6) is -1.08. The molecule has 0 aliphatic carbocycles. The third kappa shape index (κ3) is 7.25. The lowest BCUT2D eigenvalue weighted by Crippen LogP contribution is -2.54. The molecule has 5 N–H and O–H groups in total. The molecule has 17 nitrogen and oxygen atoms in total. The minimum atomic E-state index is -1.03. The number of imide groups is 2. The molecule has 0 radical (unpaired) electrons. The predicted molar refractivity (Wildman–Crippen MR) is 208 cm³/mol. The number of hydrogen-bond acceptors (Lipinski definition) is 12.